The number of H-pyrrole nitrogens is 1. The lowest BCUT2D eigenvalue weighted by Gasteiger charge is -2.15. The number of halogens is 2. The molecule has 4 nitrogen and oxygen atoms in total. The van der Waals surface area contributed by atoms with E-state index in [1.54, 1.807) is 6.07 Å². The van der Waals surface area contributed by atoms with E-state index in [1.165, 1.54) is 0 Å². The molecule has 0 radical (unpaired) electrons. The number of amides is 1. The largest absolute Gasteiger partial charge is 0.344 e. The predicted molar refractivity (Wildman–Crippen MR) is 87.7 cm³/mol. The lowest BCUT2D eigenvalue weighted by Crippen LogP contribution is -2.27. The van der Waals surface area contributed by atoms with Crippen molar-refractivity contribution < 1.29 is 4.79 Å². The van der Waals surface area contributed by atoms with Gasteiger partial charge in [0.05, 0.1) is 16.2 Å². The normalized spacial score (nSPS) is 12.5. The van der Waals surface area contributed by atoms with E-state index >= 15 is 0 Å². The molecule has 2 N–H and O–H groups in total. The summed E-state index contributed by atoms with van der Waals surface area (Å²) in [5.41, 5.74) is 2.14. The van der Waals surface area contributed by atoms with Crippen molar-refractivity contribution in [3.8, 4) is 0 Å². The van der Waals surface area contributed by atoms with Gasteiger partial charge in [0, 0.05) is 5.02 Å². The number of nitrogens with one attached hydrogen (secondary N) is 2. The molecule has 6 heteroatoms. The highest BCUT2D eigenvalue weighted by atomic mass is 79.9. The van der Waals surface area contributed by atoms with Crippen molar-refractivity contribution in [2.45, 2.75) is 32.7 Å². The number of carbonyl (C=O) groups excluding carboxylic acids is 1. The standard InChI is InChI=1S/C15H17BrClN3O/c1-8(2)13-12(16)14(20-19-13)15(21)18-9(3)10-6-4-5-7-11(10)17/h4-9H,1-3H3,(H,18,21)(H,19,20). The Balaban J connectivity index is 2.17. The van der Waals surface area contributed by atoms with E-state index in [0.29, 0.717) is 15.2 Å². The molecule has 1 aromatic carbocycles. The van der Waals surface area contributed by atoms with Crippen LogP contribution >= 0.6 is 27.5 Å². The molecular formula is C15H17BrClN3O. The fourth-order valence-corrected chi connectivity index (χ4v) is 3.16. The Kier molecular flexibility index (Phi) is 5.06. The number of hydrogen-bond donors (Lipinski definition) is 2. The first kappa shape index (κ1) is 16.0. The minimum Gasteiger partial charge on any atom is -0.344 e. The van der Waals surface area contributed by atoms with Gasteiger partial charge in [-0.2, -0.15) is 5.10 Å². The van der Waals surface area contributed by atoms with Crippen LogP contribution in [-0.2, 0) is 0 Å². The lowest BCUT2D eigenvalue weighted by atomic mass is 10.1. The first-order valence-electron chi connectivity index (χ1n) is 6.70. The molecule has 0 aliphatic carbocycles. The van der Waals surface area contributed by atoms with Gasteiger partial charge >= 0.3 is 0 Å². The zero-order valence-corrected chi connectivity index (χ0v) is 14.4. The van der Waals surface area contributed by atoms with Gasteiger partial charge in [-0.15, -0.1) is 0 Å². The molecule has 0 bridgehead atoms. The van der Waals surface area contributed by atoms with Crippen molar-refractivity contribution in [2.75, 3.05) is 0 Å². The van der Waals surface area contributed by atoms with Crippen LogP contribution in [-0.4, -0.2) is 16.1 Å². The van der Waals surface area contributed by atoms with E-state index in [0.717, 1.165) is 11.3 Å². The Hall–Kier alpha value is -1.33. The molecule has 112 valence electrons. The lowest BCUT2D eigenvalue weighted by molar-refractivity contribution is 0.0934. The van der Waals surface area contributed by atoms with Crippen LogP contribution in [0.25, 0.3) is 0 Å². The third-order valence-electron chi connectivity index (χ3n) is 3.24. The average Bonchev–Trinajstić information content (AvgIpc) is 2.81. The van der Waals surface area contributed by atoms with E-state index < -0.39 is 0 Å². The third-order valence-corrected chi connectivity index (χ3v) is 4.39. The number of hydrogen-bond acceptors (Lipinski definition) is 2. The van der Waals surface area contributed by atoms with Gasteiger partial charge in [0.15, 0.2) is 5.69 Å². The Morgan fingerprint density at radius 3 is 2.57 bits per heavy atom. The molecule has 1 unspecified atom stereocenters. The van der Waals surface area contributed by atoms with E-state index in [2.05, 4.69) is 31.4 Å². The molecule has 2 aromatic rings. The minimum absolute atomic E-state index is 0.197. The summed E-state index contributed by atoms with van der Waals surface area (Å²) < 4.78 is 0.710. The Morgan fingerprint density at radius 2 is 2.00 bits per heavy atom. The quantitative estimate of drug-likeness (QED) is 0.836. The Bertz CT molecular complexity index is 654. The van der Waals surface area contributed by atoms with Crippen molar-refractivity contribution in [1.82, 2.24) is 15.5 Å². The second-order valence-corrected chi connectivity index (χ2v) is 6.37. The molecule has 21 heavy (non-hydrogen) atoms. The molecule has 0 saturated heterocycles. The van der Waals surface area contributed by atoms with Crippen LogP contribution in [0.2, 0.25) is 5.02 Å². The summed E-state index contributed by atoms with van der Waals surface area (Å²) >= 11 is 9.58. The van der Waals surface area contributed by atoms with Crippen LogP contribution in [0, 0.1) is 0 Å². The molecule has 2 rings (SSSR count). The topological polar surface area (TPSA) is 57.8 Å². The second-order valence-electron chi connectivity index (χ2n) is 5.17. The zero-order chi connectivity index (χ0) is 15.6. The number of aromatic nitrogens is 2. The van der Waals surface area contributed by atoms with Crippen LogP contribution in [0.15, 0.2) is 28.7 Å². The van der Waals surface area contributed by atoms with Crippen LogP contribution in [0.1, 0.15) is 54.5 Å². The van der Waals surface area contributed by atoms with Gasteiger partial charge in [0.1, 0.15) is 0 Å². The summed E-state index contributed by atoms with van der Waals surface area (Å²) in [4.78, 5) is 12.3. The van der Waals surface area contributed by atoms with E-state index in [-0.39, 0.29) is 17.9 Å². The van der Waals surface area contributed by atoms with Gasteiger partial charge < -0.3 is 5.32 Å². The fraction of sp³-hybridized carbons (Fsp3) is 0.333. The molecule has 0 aliphatic rings. The van der Waals surface area contributed by atoms with E-state index in [9.17, 15) is 4.79 Å². The zero-order valence-electron chi connectivity index (χ0n) is 12.1. The number of carbonyl (C=O) groups is 1. The molecule has 1 amide bonds. The Morgan fingerprint density at radius 1 is 1.33 bits per heavy atom. The summed E-state index contributed by atoms with van der Waals surface area (Å²) in [7, 11) is 0. The van der Waals surface area contributed by atoms with Crippen molar-refractivity contribution in [3.05, 3.63) is 50.7 Å². The summed E-state index contributed by atoms with van der Waals surface area (Å²) in [6.45, 7) is 5.96. The molecule has 0 spiro atoms. The number of benzene rings is 1. The number of nitrogens with zero attached hydrogens (tertiary/aromatic N) is 1. The van der Waals surface area contributed by atoms with Crippen LogP contribution in [0.5, 0.6) is 0 Å². The van der Waals surface area contributed by atoms with Crippen LogP contribution in [0.4, 0.5) is 0 Å². The summed E-state index contributed by atoms with van der Waals surface area (Å²) in [6.07, 6.45) is 0. The van der Waals surface area contributed by atoms with Gasteiger partial charge in [-0.05, 0) is 40.4 Å². The maximum absolute atomic E-state index is 12.3. The summed E-state index contributed by atoms with van der Waals surface area (Å²) in [5, 5.41) is 10.5. The van der Waals surface area contributed by atoms with E-state index in [4.69, 9.17) is 11.6 Å². The first-order valence-corrected chi connectivity index (χ1v) is 7.88. The molecule has 1 atom stereocenters. The maximum atomic E-state index is 12.3. The minimum atomic E-state index is -0.238. The highest BCUT2D eigenvalue weighted by molar-refractivity contribution is 9.10. The van der Waals surface area contributed by atoms with Crippen molar-refractivity contribution in [3.63, 3.8) is 0 Å². The van der Waals surface area contributed by atoms with Gasteiger partial charge in [-0.3, -0.25) is 9.89 Å². The van der Waals surface area contributed by atoms with Gasteiger partial charge in [-0.25, -0.2) is 0 Å². The SMILES string of the molecule is CC(C)c1[nH]nc(C(=O)NC(C)c2ccccc2Cl)c1Br. The smallest absolute Gasteiger partial charge is 0.273 e. The fourth-order valence-electron chi connectivity index (χ4n) is 2.04. The predicted octanol–water partition coefficient (Wildman–Crippen LogP) is 4.44. The van der Waals surface area contributed by atoms with Crippen molar-refractivity contribution >= 4 is 33.4 Å². The highest BCUT2D eigenvalue weighted by Crippen LogP contribution is 2.27. The van der Waals surface area contributed by atoms with Gasteiger partial charge in [0.25, 0.3) is 5.91 Å². The third kappa shape index (κ3) is 3.47. The van der Waals surface area contributed by atoms with Gasteiger partial charge in [0.2, 0.25) is 0 Å². The van der Waals surface area contributed by atoms with E-state index in [1.807, 2.05) is 39.0 Å². The molecule has 0 aliphatic heterocycles. The highest BCUT2D eigenvalue weighted by Gasteiger charge is 2.21. The molecule has 1 heterocycles. The first-order chi connectivity index (χ1) is 9.91. The molecule has 0 saturated carbocycles. The molecule has 1 aromatic heterocycles. The summed E-state index contributed by atoms with van der Waals surface area (Å²) in [5.74, 6) is 0.0202. The number of aromatic amines is 1. The summed E-state index contributed by atoms with van der Waals surface area (Å²) in [6, 6.07) is 7.26. The molecular weight excluding hydrogens is 354 g/mol. The maximum Gasteiger partial charge on any atom is 0.273 e. The number of rotatable bonds is 4. The monoisotopic (exact) mass is 369 g/mol. The van der Waals surface area contributed by atoms with Crippen LogP contribution in [0.3, 0.4) is 0 Å². The Labute approximate surface area is 137 Å². The van der Waals surface area contributed by atoms with Crippen molar-refractivity contribution in [1.29, 1.82) is 0 Å². The average molecular weight is 371 g/mol. The van der Waals surface area contributed by atoms with Gasteiger partial charge in [-0.1, -0.05) is 43.6 Å². The van der Waals surface area contributed by atoms with Crippen molar-refractivity contribution in [2.24, 2.45) is 0 Å². The van der Waals surface area contributed by atoms with Crippen LogP contribution < -0.4 is 5.32 Å². The molecule has 0 fully saturated rings. The second kappa shape index (κ2) is 6.62.